The molecule has 0 heterocycles. The molecule has 0 atom stereocenters. The maximum Gasteiger partial charge on any atom is 0.0639 e. The lowest BCUT2D eigenvalue weighted by Gasteiger charge is -2.14. The van der Waals surface area contributed by atoms with Crippen LogP contribution in [0.5, 0.6) is 0 Å². The van der Waals surface area contributed by atoms with Gasteiger partial charge in [0.25, 0.3) is 0 Å². The highest BCUT2D eigenvalue weighted by Crippen LogP contribution is 2.26. The Balaban J connectivity index is 2.59. The van der Waals surface area contributed by atoms with Crippen molar-refractivity contribution in [2.75, 3.05) is 0 Å². The van der Waals surface area contributed by atoms with E-state index in [2.05, 4.69) is 77.9 Å². The molecule has 0 bridgehead atoms. The van der Waals surface area contributed by atoms with E-state index in [9.17, 15) is 0 Å². The van der Waals surface area contributed by atoms with Crippen LogP contribution in [0, 0.1) is 0 Å². The molecule has 0 aliphatic rings. The molecule has 0 N–H and O–H groups in total. The molecule has 0 radical (unpaired) electrons. The van der Waals surface area contributed by atoms with Crippen LogP contribution in [0.3, 0.4) is 0 Å². The third-order valence-electron chi connectivity index (χ3n) is 9.75. The summed E-state index contributed by atoms with van der Waals surface area (Å²) in [7, 11) is 0. The molecule has 0 spiro atoms. The van der Waals surface area contributed by atoms with Crippen molar-refractivity contribution in [1.29, 1.82) is 0 Å². The van der Waals surface area contributed by atoms with E-state index >= 15 is 0 Å². The van der Waals surface area contributed by atoms with Crippen LogP contribution >= 0.6 is 0 Å². The maximum absolute atomic E-state index is 5.57. The Bertz CT molecular complexity index is 1100. The first-order valence-corrected chi connectivity index (χ1v) is 21.0. The van der Waals surface area contributed by atoms with Crippen molar-refractivity contribution in [3.05, 3.63) is 58.7 Å². The molecule has 0 saturated carbocycles. The minimum absolute atomic E-state index is 1.01. The van der Waals surface area contributed by atoms with E-state index in [4.69, 9.17) is 9.98 Å². The van der Waals surface area contributed by atoms with Gasteiger partial charge in [0, 0.05) is 0 Å². The Morgan fingerprint density at radius 2 is 0.625 bits per heavy atom. The average Bonchev–Trinajstić information content (AvgIpc) is 3.08. The van der Waals surface area contributed by atoms with E-state index in [0.717, 1.165) is 56.3 Å². The number of benzene rings is 2. The van der Waals surface area contributed by atoms with Gasteiger partial charge in [-0.2, -0.15) is 0 Å². The molecule has 0 aliphatic carbocycles. The largest absolute Gasteiger partial charge is 0.252 e. The van der Waals surface area contributed by atoms with Crippen LogP contribution in [0.15, 0.2) is 46.4 Å². The zero-order chi connectivity index (χ0) is 34.7. The van der Waals surface area contributed by atoms with Gasteiger partial charge in [0.05, 0.1) is 22.8 Å². The van der Waals surface area contributed by atoms with Crippen molar-refractivity contribution in [3.8, 4) is 0 Å². The van der Waals surface area contributed by atoms with Crippen LogP contribution in [0.4, 0.5) is 11.4 Å². The number of hydrogen-bond donors (Lipinski definition) is 0. The Hall–Kier alpha value is -2.22. The lowest BCUT2D eigenvalue weighted by Crippen LogP contribution is -2.14. The Labute approximate surface area is 299 Å². The predicted molar refractivity (Wildman–Crippen MR) is 218 cm³/mol. The van der Waals surface area contributed by atoms with Crippen LogP contribution in [-0.4, -0.2) is 11.4 Å². The molecular weight excluding hydrogens is 581 g/mol. The first kappa shape index (κ1) is 41.9. The summed E-state index contributed by atoms with van der Waals surface area (Å²) in [4.78, 5) is 11.1. The lowest BCUT2D eigenvalue weighted by molar-refractivity contribution is 0.616. The van der Waals surface area contributed by atoms with Crippen LogP contribution in [-0.2, 0) is 25.7 Å². The standard InChI is InChI=1S/C46H76N2/c1-7-13-19-20-21-26-32-46(48-44-37-41(29-24-16-10-4)34-42(38-44)30-25-17-11-5)45(31-18-12-6)47-43-35-39(27-22-14-8-2)33-40(36-43)28-23-15-9-3/h33-38H,7-32H2,1-6H3. The summed E-state index contributed by atoms with van der Waals surface area (Å²) in [5.41, 5.74) is 10.7. The molecule has 270 valence electrons. The first-order chi connectivity index (χ1) is 23.6. The molecule has 48 heavy (non-hydrogen) atoms. The normalized spacial score (nSPS) is 12.3. The number of nitrogens with zero attached hydrogens (tertiary/aromatic N) is 2. The van der Waals surface area contributed by atoms with Crippen LogP contribution in [0.1, 0.15) is 205 Å². The fraction of sp³-hybridized carbons (Fsp3) is 0.696. The second-order valence-electron chi connectivity index (χ2n) is 14.6. The van der Waals surface area contributed by atoms with Gasteiger partial charge in [-0.15, -0.1) is 0 Å². The summed E-state index contributed by atoms with van der Waals surface area (Å²) >= 11 is 0. The molecule has 0 aliphatic heterocycles. The molecular formula is C46H76N2. The predicted octanol–water partition coefficient (Wildman–Crippen LogP) is 15.4. The van der Waals surface area contributed by atoms with Crippen molar-refractivity contribution in [3.63, 3.8) is 0 Å². The molecule has 0 saturated heterocycles. The fourth-order valence-corrected chi connectivity index (χ4v) is 6.77. The molecule has 0 aromatic heterocycles. The second-order valence-corrected chi connectivity index (χ2v) is 14.6. The maximum atomic E-state index is 5.57. The Morgan fingerprint density at radius 1 is 0.333 bits per heavy atom. The van der Waals surface area contributed by atoms with Gasteiger partial charge < -0.3 is 0 Å². The lowest BCUT2D eigenvalue weighted by atomic mass is 9.98. The Kier molecular flexibility index (Phi) is 24.1. The van der Waals surface area contributed by atoms with Gasteiger partial charge in [0.15, 0.2) is 0 Å². The van der Waals surface area contributed by atoms with Gasteiger partial charge in [-0.1, -0.05) is 144 Å². The van der Waals surface area contributed by atoms with E-state index in [-0.39, 0.29) is 0 Å². The average molecular weight is 657 g/mol. The molecule has 2 aromatic carbocycles. The summed E-state index contributed by atoms with van der Waals surface area (Å²) in [5.74, 6) is 0. The molecule has 2 nitrogen and oxygen atoms in total. The molecule has 0 fully saturated rings. The number of aryl methyl sites for hydroxylation is 4. The fourth-order valence-electron chi connectivity index (χ4n) is 6.77. The van der Waals surface area contributed by atoms with Crippen LogP contribution in [0.2, 0.25) is 0 Å². The summed E-state index contributed by atoms with van der Waals surface area (Å²) in [6.07, 6.45) is 32.2. The highest BCUT2D eigenvalue weighted by atomic mass is 14.8. The van der Waals surface area contributed by atoms with Crippen molar-refractivity contribution in [2.24, 2.45) is 9.98 Å². The summed E-state index contributed by atoms with van der Waals surface area (Å²) in [6, 6.07) is 14.6. The SMILES string of the molecule is CCCCCCCCC(=Nc1cc(CCCCC)cc(CCCCC)c1)C(CCCC)=Nc1cc(CCCCC)cc(CCCCC)c1. The van der Waals surface area contributed by atoms with Crippen LogP contribution in [0.25, 0.3) is 0 Å². The first-order valence-electron chi connectivity index (χ1n) is 21.0. The quantitative estimate of drug-likeness (QED) is 0.0615. The molecule has 2 rings (SSSR count). The van der Waals surface area contributed by atoms with E-state index in [1.165, 1.54) is 156 Å². The summed E-state index contributed by atoms with van der Waals surface area (Å²) < 4.78 is 0. The minimum atomic E-state index is 1.01. The van der Waals surface area contributed by atoms with Crippen LogP contribution < -0.4 is 0 Å². The highest BCUT2D eigenvalue weighted by Gasteiger charge is 2.13. The van der Waals surface area contributed by atoms with E-state index in [1.54, 1.807) is 0 Å². The monoisotopic (exact) mass is 657 g/mol. The molecule has 2 heteroatoms. The van der Waals surface area contributed by atoms with E-state index in [0.29, 0.717) is 0 Å². The second kappa shape index (κ2) is 27.6. The van der Waals surface area contributed by atoms with Gasteiger partial charge in [-0.05, 0) is 124 Å². The van der Waals surface area contributed by atoms with Gasteiger partial charge in [-0.3, -0.25) is 9.98 Å². The van der Waals surface area contributed by atoms with Gasteiger partial charge in [-0.25, -0.2) is 0 Å². The number of hydrogen-bond acceptors (Lipinski definition) is 2. The number of aliphatic imine (C=N–C) groups is 2. The van der Waals surface area contributed by atoms with Crippen molar-refractivity contribution in [1.82, 2.24) is 0 Å². The highest BCUT2D eigenvalue weighted by molar-refractivity contribution is 6.43. The number of unbranched alkanes of at least 4 members (excludes halogenated alkanes) is 14. The number of rotatable bonds is 29. The van der Waals surface area contributed by atoms with E-state index in [1.807, 2.05) is 0 Å². The molecule has 0 unspecified atom stereocenters. The smallest absolute Gasteiger partial charge is 0.0639 e. The Morgan fingerprint density at radius 3 is 0.979 bits per heavy atom. The summed E-state index contributed by atoms with van der Waals surface area (Å²) in [5, 5.41) is 0. The molecule has 0 amide bonds. The van der Waals surface area contributed by atoms with Gasteiger partial charge in [0.1, 0.15) is 0 Å². The third kappa shape index (κ3) is 18.5. The van der Waals surface area contributed by atoms with Gasteiger partial charge >= 0.3 is 0 Å². The van der Waals surface area contributed by atoms with Gasteiger partial charge in [0.2, 0.25) is 0 Å². The summed E-state index contributed by atoms with van der Waals surface area (Å²) in [6.45, 7) is 13.8. The van der Waals surface area contributed by atoms with Crippen molar-refractivity contribution in [2.45, 2.75) is 208 Å². The van der Waals surface area contributed by atoms with Crippen molar-refractivity contribution < 1.29 is 0 Å². The topological polar surface area (TPSA) is 24.7 Å². The van der Waals surface area contributed by atoms with Crippen molar-refractivity contribution >= 4 is 22.8 Å². The molecule has 2 aromatic rings. The zero-order valence-corrected chi connectivity index (χ0v) is 32.7. The third-order valence-corrected chi connectivity index (χ3v) is 9.75. The zero-order valence-electron chi connectivity index (χ0n) is 32.7. The van der Waals surface area contributed by atoms with E-state index < -0.39 is 0 Å². The minimum Gasteiger partial charge on any atom is -0.252 e.